The van der Waals surface area contributed by atoms with E-state index in [0.29, 0.717) is 18.0 Å². The van der Waals surface area contributed by atoms with E-state index in [-0.39, 0.29) is 5.91 Å². The first-order valence-electron chi connectivity index (χ1n) is 7.53. The van der Waals surface area contributed by atoms with Crippen LogP contribution in [0.5, 0.6) is 0 Å². The van der Waals surface area contributed by atoms with Crippen LogP contribution in [-0.4, -0.2) is 23.4 Å². The molecule has 0 saturated carbocycles. The number of amides is 1. The molecule has 3 heteroatoms. The Morgan fingerprint density at radius 1 is 1.30 bits per heavy atom. The zero-order valence-corrected chi connectivity index (χ0v) is 12.1. The summed E-state index contributed by atoms with van der Waals surface area (Å²) in [5, 5.41) is 8.79. The molecule has 1 amide bonds. The van der Waals surface area contributed by atoms with Crippen LogP contribution >= 0.6 is 0 Å². The van der Waals surface area contributed by atoms with Gasteiger partial charge < -0.3 is 4.90 Å². The molecule has 0 radical (unpaired) electrons. The van der Waals surface area contributed by atoms with E-state index in [9.17, 15) is 4.79 Å². The van der Waals surface area contributed by atoms with E-state index in [1.807, 2.05) is 12.1 Å². The fourth-order valence-corrected chi connectivity index (χ4v) is 2.90. The van der Waals surface area contributed by atoms with Gasteiger partial charge in [0.2, 0.25) is 5.91 Å². The van der Waals surface area contributed by atoms with E-state index < -0.39 is 0 Å². The van der Waals surface area contributed by atoms with Crippen molar-refractivity contribution in [3.05, 3.63) is 35.4 Å². The van der Waals surface area contributed by atoms with Crippen molar-refractivity contribution < 1.29 is 4.79 Å². The number of hydrogen-bond donors (Lipinski definition) is 0. The molecule has 1 heterocycles. The van der Waals surface area contributed by atoms with Crippen LogP contribution in [0, 0.1) is 11.3 Å². The number of nitriles is 1. The number of nitrogens with zero attached hydrogens (tertiary/aromatic N) is 2. The smallest absolute Gasteiger partial charge is 0.227 e. The third kappa shape index (κ3) is 3.60. The first-order valence-corrected chi connectivity index (χ1v) is 7.53. The summed E-state index contributed by atoms with van der Waals surface area (Å²) in [6, 6.07) is 9.83. The van der Waals surface area contributed by atoms with Crippen molar-refractivity contribution in [2.45, 2.75) is 51.5 Å². The van der Waals surface area contributed by atoms with Gasteiger partial charge >= 0.3 is 0 Å². The Morgan fingerprint density at radius 2 is 2.05 bits per heavy atom. The minimum Gasteiger partial charge on any atom is -0.339 e. The maximum atomic E-state index is 12.5. The average Bonchev–Trinajstić information content (AvgIpc) is 2.73. The third-order valence-corrected chi connectivity index (χ3v) is 4.11. The zero-order chi connectivity index (χ0) is 14.4. The minimum absolute atomic E-state index is 0.225. The van der Waals surface area contributed by atoms with Gasteiger partial charge in [0.05, 0.1) is 18.1 Å². The van der Waals surface area contributed by atoms with Crippen LogP contribution in [0.15, 0.2) is 24.3 Å². The second-order valence-electron chi connectivity index (χ2n) is 5.48. The highest BCUT2D eigenvalue weighted by Crippen LogP contribution is 2.20. The molecular weight excluding hydrogens is 248 g/mol. The van der Waals surface area contributed by atoms with Gasteiger partial charge in [-0.1, -0.05) is 31.9 Å². The lowest BCUT2D eigenvalue weighted by Gasteiger charge is -2.29. The summed E-state index contributed by atoms with van der Waals surface area (Å²) in [6.45, 7) is 3.06. The molecule has 0 N–H and O–H groups in total. The lowest BCUT2D eigenvalue weighted by molar-refractivity contribution is -0.132. The molecule has 20 heavy (non-hydrogen) atoms. The van der Waals surface area contributed by atoms with Gasteiger partial charge in [0.1, 0.15) is 0 Å². The summed E-state index contributed by atoms with van der Waals surface area (Å²) in [5.74, 6) is 0.225. The monoisotopic (exact) mass is 270 g/mol. The summed E-state index contributed by atoms with van der Waals surface area (Å²) < 4.78 is 0. The molecule has 0 aromatic heterocycles. The SMILES string of the molecule is CCC1CCCCCN1C(=O)Cc1ccc(C#N)cc1. The van der Waals surface area contributed by atoms with E-state index in [2.05, 4.69) is 17.9 Å². The van der Waals surface area contributed by atoms with Crippen molar-refractivity contribution in [2.24, 2.45) is 0 Å². The van der Waals surface area contributed by atoms with Gasteiger partial charge in [-0.15, -0.1) is 0 Å². The highest BCUT2D eigenvalue weighted by Gasteiger charge is 2.23. The van der Waals surface area contributed by atoms with Crippen LogP contribution in [-0.2, 0) is 11.2 Å². The van der Waals surface area contributed by atoms with Gasteiger partial charge in [-0.2, -0.15) is 5.26 Å². The standard InChI is InChI=1S/C17H22N2O/c1-2-16-6-4-3-5-11-19(16)17(20)12-14-7-9-15(13-18)10-8-14/h7-10,16H,2-6,11-12H2,1H3. The Bertz CT molecular complexity index is 487. The molecule has 1 atom stereocenters. The third-order valence-electron chi connectivity index (χ3n) is 4.11. The van der Waals surface area contributed by atoms with Crippen LogP contribution in [0.1, 0.15) is 50.2 Å². The molecule has 1 aromatic rings. The minimum atomic E-state index is 0.225. The van der Waals surface area contributed by atoms with E-state index in [4.69, 9.17) is 5.26 Å². The summed E-state index contributed by atoms with van der Waals surface area (Å²) in [7, 11) is 0. The van der Waals surface area contributed by atoms with Crippen molar-refractivity contribution in [3.8, 4) is 6.07 Å². The molecule has 1 unspecified atom stereocenters. The molecule has 1 fully saturated rings. The first-order chi connectivity index (χ1) is 9.74. The summed E-state index contributed by atoms with van der Waals surface area (Å²) in [6.07, 6.45) is 6.21. The Kier molecular flexibility index (Phi) is 5.17. The van der Waals surface area contributed by atoms with Crippen LogP contribution in [0.2, 0.25) is 0 Å². The van der Waals surface area contributed by atoms with Gasteiger partial charge in [-0.3, -0.25) is 4.79 Å². The Hall–Kier alpha value is -1.82. The first kappa shape index (κ1) is 14.6. The summed E-state index contributed by atoms with van der Waals surface area (Å²) in [5.41, 5.74) is 1.63. The number of rotatable bonds is 3. The molecule has 106 valence electrons. The van der Waals surface area contributed by atoms with E-state index in [0.717, 1.165) is 31.4 Å². The summed E-state index contributed by atoms with van der Waals surface area (Å²) >= 11 is 0. The van der Waals surface area contributed by atoms with Gasteiger partial charge in [-0.05, 0) is 37.0 Å². The Balaban J connectivity index is 2.03. The molecule has 2 rings (SSSR count). The van der Waals surface area contributed by atoms with Crippen molar-refractivity contribution in [1.29, 1.82) is 5.26 Å². The maximum absolute atomic E-state index is 12.5. The van der Waals surface area contributed by atoms with E-state index in [1.165, 1.54) is 12.8 Å². The molecule has 3 nitrogen and oxygen atoms in total. The molecule has 0 bridgehead atoms. The zero-order valence-electron chi connectivity index (χ0n) is 12.1. The number of likely N-dealkylation sites (tertiary alicyclic amines) is 1. The molecule has 1 aliphatic rings. The molecule has 0 aliphatic carbocycles. The number of hydrogen-bond acceptors (Lipinski definition) is 2. The topological polar surface area (TPSA) is 44.1 Å². The molecular formula is C17H22N2O. The second-order valence-corrected chi connectivity index (χ2v) is 5.48. The number of benzene rings is 1. The van der Waals surface area contributed by atoms with Gasteiger partial charge in [0.15, 0.2) is 0 Å². The number of carbonyl (C=O) groups excluding carboxylic acids is 1. The normalized spacial score (nSPS) is 19.2. The largest absolute Gasteiger partial charge is 0.339 e. The lowest BCUT2D eigenvalue weighted by Crippen LogP contribution is -2.40. The van der Waals surface area contributed by atoms with E-state index >= 15 is 0 Å². The fraction of sp³-hybridized carbons (Fsp3) is 0.529. The molecule has 1 saturated heterocycles. The van der Waals surface area contributed by atoms with Crippen LogP contribution in [0.4, 0.5) is 0 Å². The average molecular weight is 270 g/mol. The Labute approximate surface area is 121 Å². The molecule has 1 aromatic carbocycles. The van der Waals surface area contributed by atoms with E-state index in [1.54, 1.807) is 12.1 Å². The van der Waals surface area contributed by atoms with Crippen LogP contribution in [0.25, 0.3) is 0 Å². The van der Waals surface area contributed by atoms with Crippen LogP contribution < -0.4 is 0 Å². The fourth-order valence-electron chi connectivity index (χ4n) is 2.90. The van der Waals surface area contributed by atoms with Crippen LogP contribution in [0.3, 0.4) is 0 Å². The Morgan fingerprint density at radius 3 is 2.70 bits per heavy atom. The van der Waals surface area contributed by atoms with Crippen molar-refractivity contribution in [1.82, 2.24) is 4.90 Å². The highest BCUT2D eigenvalue weighted by atomic mass is 16.2. The quantitative estimate of drug-likeness (QED) is 0.846. The highest BCUT2D eigenvalue weighted by molar-refractivity contribution is 5.79. The van der Waals surface area contributed by atoms with Gasteiger partial charge in [0, 0.05) is 12.6 Å². The van der Waals surface area contributed by atoms with Gasteiger partial charge in [0.25, 0.3) is 0 Å². The van der Waals surface area contributed by atoms with Crippen molar-refractivity contribution in [3.63, 3.8) is 0 Å². The second kappa shape index (κ2) is 7.09. The predicted molar refractivity (Wildman–Crippen MR) is 79.1 cm³/mol. The van der Waals surface area contributed by atoms with Crippen molar-refractivity contribution >= 4 is 5.91 Å². The maximum Gasteiger partial charge on any atom is 0.227 e. The molecule has 0 spiro atoms. The number of carbonyl (C=O) groups is 1. The van der Waals surface area contributed by atoms with Crippen molar-refractivity contribution in [2.75, 3.05) is 6.54 Å². The molecule has 1 aliphatic heterocycles. The lowest BCUT2D eigenvalue weighted by atomic mass is 10.1. The summed E-state index contributed by atoms with van der Waals surface area (Å²) in [4.78, 5) is 14.6. The van der Waals surface area contributed by atoms with Gasteiger partial charge in [-0.25, -0.2) is 0 Å². The predicted octanol–water partition coefficient (Wildman–Crippen LogP) is 3.28.